The maximum Gasteiger partial charge on any atom is 0.252 e. The van der Waals surface area contributed by atoms with Crippen molar-refractivity contribution in [1.29, 1.82) is 0 Å². The SMILES string of the molecule is COc1ccc(C(CNC(=O)c2ccccc2C(=O)c2cccs2)N2CCOCC2)cc1. The predicted octanol–water partition coefficient (Wildman–Crippen LogP) is 3.79. The van der Waals surface area contributed by atoms with Crippen LogP contribution < -0.4 is 10.1 Å². The molecule has 1 saturated heterocycles. The Labute approximate surface area is 191 Å². The Bertz CT molecular complexity index is 1040. The average molecular weight is 451 g/mol. The van der Waals surface area contributed by atoms with Crippen LogP contribution in [-0.2, 0) is 4.74 Å². The summed E-state index contributed by atoms with van der Waals surface area (Å²) in [6.45, 7) is 3.34. The van der Waals surface area contributed by atoms with Crippen molar-refractivity contribution in [1.82, 2.24) is 10.2 Å². The summed E-state index contributed by atoms with van der Waals surface area (Å²) in [5, 5.41) is 4.92. The summed E-state index contributed by atoms with van der Waals surface area (Å²) in [6.07, 6.45) is 0. The third kappa shape index (κ3) is 5.07. The van der Waals surface area contributed by atoms with Crippen LogP contribution in [-0.4, -0.2) is 56.5 Å². The Kier molecular flexibility index (Phi) is 7.32. The first-order chi connectivity index (χ1) is 15.7. The van der Waals surface area contributed by atoms with Gasteiger partial charge in [-0.1, -0.05) is 36.4 Å². The first-order valence-electron chi connectivity index (χ1n) is 10.6. The summed E-state index contributed by atoms with van der Waals surface area (Å²) < 4.78 is 10.8. The topological polar surface area (TPSA) is 67.9 Å². The van der Waals surface area contributed by atoms with Crippen molar-refractivity contribution < 1.29 is 19.1 Å². The molecular formula is C25H26N2O4S. The largest absolute Gasteiger partial charge is 0.497 e. The Balaban J connectivity index is 1.53. The van der Waals surface area contributed by atoms with E-state index in [4.69, 9.17) is 9.47 Å². The molecule has 0 radical (unpaired) electrons. The van der Waals surface area contributed by atoms with E-state index < -0.39 is 0 Å². The van der Waals surface area contributed by atoms with E-state index in [1.165, 1.54) is 11.3 Å². The van der Waals surface area contributed by atoms with Crippen LogP contribution in [0.3, 0.4) is 0 Å². The smallest absolute Gasteiger partial charge is 0.252 e. The van der Waals surface area contributed by atoms with E-state index in [-0.39, 0.29) is 17.7 Å². The van der Waals surface area contributed by atoms with Crippen molar-refractivity contribution in [2.45, 2.75) is 6.04 Å². The van der Waals surface area contributed by atoms with Crippen molar-refractivity contribution in [3.63, 3.8) is 0 Å². The number of nitrogens with zero attached hydrogens (tertiary/aromatic N) is 1. The van der Waals surface area contributed by atoms with Crippen molar-refractivity contribution in [2.75, 3.05) is 40.0 Å². The number of benzene rings is 2. The number of thiophene rings is 1. The number of hydrogen-bond donors (Lipinski definition) is 1. The van der Waals surface area contributed by atoms with Gasteiger partial charge in [0.25, 0.3) is 5.91 Å². The number of morpholine rings is 1. The van der Waals surface area contributed by atoms with E-state index in [0.717, 1.165) is 24.4 Å². The fraction of sp³-hybridized carbons (Fsp3) is 0.280. The first kappa shape index (κ1) is 22.2. The van der Waals surface area contributed by atoms with Crippen LogP contribution in [0, 0.1) is 0 Å². The Morgan fingerprint density at radius 2 is 1.75 bits per heavy atom. The van der Waals surface area contributed by atoms with Crippen LogP contribution in [0.4, 0.5) is 0 Å². The summed E-state index contributed by atoms with van der Waals surface area (Å²) >= 11 is 1.37. The lowest BCUT2D eigenvalue weighted by molar-refractivity contribution is 0.0162. The van der Waals surface area contributed by atoms with Gasteiger partial charge in [0.1, 0.15) is 5.75 Å². The lowest BCUT2D eigenvalue weighted by Crippen LogP contribution is -2.44. The van der Waals surface area contributed by atoms with E-state index >= 15 is 0 Å². The van der Waals surface area contributed by atoms with Crippen LogP contribution >= 0.6 is 11.3 Å². The monoisotopic (exact) mass is 450 g/mol. The molecule has 1 atom stereocenters. The van der Waals surface area contributed by atoms with Gasteiger partial charge in [0.15, 0.2) is 0 Å². The highest BCUT2D eigenvalue weighted by atomic mass is 32.1. The summed E-state index contributed by atoms with van der Waals surface area (Å²) in [5.74, 6) is 0.405. The number of carbonyl (C=O) groups is 2. The maximum absolute atomic E-state index is 13.1. The van der Waals surface area contributed by atoms with Crippen LogP contribution in [0.25, 0.3) is 0 Å². The molecule has 6 nitrogen and oxygen atoms in total. The molecule has 1 aliphatic heterocycles. The first-order valence-corrected chi connectivity index (χ1v) is 11.5. The van der Waals surface area contributed by atoms with Gasteiger partial charge < -0.3 is 14.8 Å². The van der Waals surface area contributed by atoms with Gasteiger partial charge in [0, 0.05) is 25.2 Å². The molecule has 7 heteroatoms. The molecule has 32 heavy (non-hydrogen) atoms. The maximum atomic E-state index is 13.1. The molecule has 1 unspecified atom stereocenters. The lowest BCUT2D eigenvalue weighted by atomic mass is 10.0. The zero-order valence-electron chi connectivity index (χ0n) is 18.0. The average Bonchev–Trinajstić information content (AvgIpc) is 3.40. The Hall–Kier alpha value is -3.00. The number of carbonyl (C=O) groups excluding carboxylic acids is 2. The molecular weight excluding hydrogens is 424 g/mol. The Morgan fingerprint density at radius 1 is 1.03 bits per heavy atom. The van der Waals surface area contributed by atoms with E-state index in [0.29, 0.717) is 35.8 Å². The highest BCUT2D eigenvalue weighted by Crippen LogP contribution is 2.24. The molecule has 166 valence electrons. The minimum atomic E-state index is -0.253. The molecule has 1 fully saturated rings. The van der Waals surface area contributed by atoms with Crippen molar-refractivity contribution >= 4 is 23.0 Å². The van der Waals surface area contributed by atoms with Gasteiger partial charge in [-0.05, 0) is 35.2 Å². The zero-order chi connectivity index (χ0) is 22.3. The van der Waals surface area contributed by atoms with Gasteiger partial charge >= 0.3 is 0 Å². The molecule has 0 saturated carbocycles. The number of ketones is 1. The molecule has 0 spiro atoms. The fourth-order valence-electron chi connectivity index (χ4n) is 3.88. The second-order valence-electron chi connectivity index (χ2n) is 7.50. The molecule has 2 heterocycles. The Morgan fingerprint density at radius 3 is 2.41 bits per heavy atom. The summed E-state index contributed by atoms with van der Waals surface area (Å²) in [6, 6.07) is 18.5. The number of hydrogen-bond acceptors (Lipinski definition) is 6. The lowest BCUT2D eigenvalue weighted by Gasteiger charge is -2.35. The van der Waals surface area contributed by atoms with E-state index in [2.05, 4.69) is 10.2 Å². The minimum Gasteiger partial charge on any atom is -0.497 e. The highest BCUT2D eigenvalue weighted by Gasteiger charge is 2.25. The highest BCUT2D eigenvalue weighted by molar-refractivity contribution is 7.12. The summed E-state index contributed by atoms with van der Waals surface area (Å²) in [4.78, 5) is 29.0. The van der Waals surface area contributed by atoms with Crippen LogP contribution in [0.1, 0.15) is 37.2 Å². The standard InChI is InChI=1S/C25H26N2O4S/c1-30-19-10-8-18(9-11-19)22(27-12-14-31-15-13-27)17-26-25(29)21-6-3-2-5-20(21)24(28)23-7-4-16-32-23/h2-11,16,22H,12-15,17H2,1H3,(H,26,29). The molecule has 1 aromatic heterocycles. The number of amides is 1. The molecule has 4 rings (SSSR count). The van der Waals surface area contributed by atoms with Crippen molar-refractivity contribution in [3.05, 3.63) is 87.6 Å². The minimum absolute atomic E-state index is 0.00563. The molecule has 0 bridgehead atoms. The third-order valence-corrected chi connectivity index (χ3v) is 6.47. The van der Waals surface area contributed by atoms with Crippen molar-refractivity contribution in [3.8, 4) is 5.75 Å². The van der Waals surface area contributed by atoms with E-state index in [1.54, 1.807) is 37.4 Å². The number of nitrogens with one attached hydrogen (secondary N) is 1. The second-order valence-corrected chi connectivity index (χ2v) is 8.45. The zero-order valence-corrected chi connectivity index (χ0v) is 18.8. The quantitative estimate of drug-likeness (QED) is 0.529. The van der Waals surface area contributed by atoms with Gasteiger partial charge in [-0.15, -0.1) is 11.3 Å². The number of rotatable bonds is 8. The van der Waals surface area contributed by atoms with Crippen LogP contribution in [0.5, 0.6) is 5.75 Å². The molecule has 3 aromatic rings. The molecule has 0 aliphatic carbocycles. The molecule has 2 aromatic carbocycles. The van der Waals surface area contributed by atoms with Crippen LogP contribution in [0.15, 0.2) is 66.0 Å². The second kappa shape index (κ2) is 10.5. The molecule has 1 aliphatic rings. The number of ether oxygens (including phenoxy) is 2. The van der Waals surface area contributed by atoms with E-state index in [1.807, 2.05) is 35.7 Å². The third-order valence-electron chi connectivity index (χ3n) is 5.60. The summed E-state index contributed by atoms with van der Waals surface area (Å²) in [7, 11) is 1.64. The fourth-order valence-corrected chi connectivity index (χ4v) is 4.56. The summed E-state index contributed by atoms with van der Waals surface area (Å²) in [5.41, 5.74) is 1.90. The van der Waals surface area contributed by atoms with Gasteiger partial charge in [-0.3, -0.25) is 14.5 Å². The molecule has 1 amide bonds. The van der Waals surface area contributed by atoms with Gasteiger partial charge in [-0.25, -0.2) is 0 Å². The van der Waals surface area contributed by atoms with E-state index in [9.17, 15) is 9.59 Å². The van der Waals surface area contributed by atoms with Gasteiger partial charge in [-0.2, -0.15) is 0 Å². The predicted molar refractivity (Wildman–Crippen MR) is 125 cm³/mol. The molecule has 1 N–H and O–H groups in total. The van der Waals surface area contributed by atoms with Gasteiger partial charge in [0.05, 0.1) is 36.8 Å². The van der Waals surface area contributed by atoms with Crippen molar-refractivity contribution in [2.24, 2.45) is 0 Å². The normalized spacial score (nSPS) is 15.2. The van der Waals surface area contributed by atoms with Gasteiger partial charge in [0.2, 0.25) is 5.78 Å². The van der Waals surface area contributed by atoms with Crippen LogP contribution in [0.2, 0.25) is 0 Å². The number of methoxy groups -OCH3 is 1.